The number of pyridine rings is 1. The van der Waals surface area contributed by atoms with Crippen molar-refractivity contribution < 1.29 is 8.42 Å². The fourth-order valence-electron chi connectivity index (χ4n) is 1.35. The number of nitrogens with two attached hydrogens (primary N) is 1. The zero-order valence-electron chi connectivity index (χ0n) is 9.31. The molecule has 90 valence electrons. The van der Waals surface area contributed by atoms with Crippen LogP contribution in [-0.4, -0.2) is 19.9 Å². The van der Waals surface area contributed by atoms with Gasteiger partial charge in [-0.25, -0.2) is 13.6 Å². The van der Waals surface area contributed by atoms with E-state index in [0.717, 1.165) is 25.8 Å². The van der Waals surface area contributed by atoms with E-state index in [1.165, 1.54) is 12.4 Å². The van der Waals surface area contributed by atoms with Gasteiger partial charge in [0.2, 0.25) is 10.0 Å². The molecule has 0 fully saturated rings. The van der Waals surface area contributed by atoms with Gasteiger partial charge in [-0.3, -0.25) is 4.98 Å². The molecule has 0 aromatic carbocycles. The van der Waals surface area contributed by atoms with Gasteiger partial charge in [-0.1, -0.05) is 19.8 Å². The Balaban J connectivity index is 2.73. The number of hydrogen-bond acceptors (Lipinski definition) is 4. The van der Waals surface area contributed by atoms with Crippen molar-refractivity contribution in [1.82, 2.24) is 4.98 Å². The van der Waals surface area contributed by atoms with Crippen molar-refractivity contribution in [3.63, 3.8) is 0 Å². The molecule has 1 aromatic rings. The lowest BCUT2D eigenvalue weighted by atomic mass is 10.2. The van der Waals surface area contributed by atoms with Crippen LogP contribution >= 0.6 is 0 Å². The minimum atomic E-state index is -3.70. The van der Waals surface area contributed by atoms with Gasteiger partial charge in [0, 0.05) is 18.9 Å². The lowest BCUT2D eigenvalue weighted by molar-refractivity contribution is 0.597. The zero-order valence-corrected chi connectivity index (χ0v) is 10.1. The molecule has 0 atom stereocenters. The Morgan fingerprint density at radius 3 is 2.81 bits per heavy atom. The smallest absolute Gasteiger partial charge is 0.241 e. The standard InChI is InChI=1S/C10H17N3O2S/c1-2-3-4-6-13-9-5-7-12-8-10(9)16(11,14)15/h5,7-8H,2-4,6H2,1H3,(H,12,13)(H2,11,14,15). The number of rotatable bonds is 6. The fourth-order valence-corrected chi connectivity index (χ4v) is 2.01. The first kappa shape index (κ1) is 12.9. The first-order chi connectivity index (χ1) is 7.55. The predicted molar refractivity (Wildman–Crippen MR) is 63.6 cm³/mol. The summed E-state index contributed by atoms with van der Waals surface area (Å²) in [5.74, 6) is 0. The van der Waals surface area contributed by atoms with Gasteiger partial charge in [-0.15, -0.1) is 0 Å². The number of unbranched alkanes of at least 4 members (excludes halogenated alkanes) is 2. The van der Waals surface area contributed by atoms with Gasteiger partial charge in [0.25, 0.3) is 0 Å². The lowest BCUT2D eigenvalue weighted by Crippen LogP contribution is -2.15. The van der Waals surface area contributed by atoms with E-state index in [1.807, 2.05) is 0 Å². The second kappa shape index (κ2) is 5.81. The summed E-state index contributed by atoms with van der Waals surface area (Å²) in [4.78, 5) is 3.80. The molecule has 0 bridgehead atoms. The average molecular weight is 243 g/mol. The Labute approximate surface area is 96.1 Å². The highest BCUT2D eigenvalue weighted by Crippen LogP contribution is 2.17. The first-order valence-corrected chi connectivity index (χ1v) is 6.81. The number of hydrogen-bond donors (Lipinski definition) is 2. The number of sulfonamides is 1. The Morgan fingerprint density at radius 1 is 1.44 bits per heavy atom. The van der Waals surface area contributed by atoms with Crippen LogP contribution in [0.3, 0.4) is 0 Å². The molecule has 5 nitrogen and oxygen atoms in total. The maximum atomic E-state index is 11.2. The number of primary sulfonamides is 1. The molecule has 0 amide bonds. The molecular formula is C10H17N3O2S. The lowest BCUT2D eigenvalue weighted by Gasteiger charge is -2.09. The minimum absolute atomic E-state index is 0.0477. The zero-order chi connectivity index (χ0) is 12.0. The SMILES string of the molecule is CCCCCNc1ccncc1S(N)(=O)=O. The molecule has 6 heteroatoms. The summed E-state index contributed by atoms with van der Waals surface area (Å²) >= 11 is 0. The molecule has 0 saturated carbocycles. The molecule has 1 rings (SSSR count). The maximum absolute atomic E-state index is 11.2. The van der Waals surface area contributed by atoms with E-state index in [0.29, 0.717) is 5.69 Å². The van der Waals surface area contributed by atoms with Crippen LogP contribution in [0, 0.1) is 0 Å². The first-order valence-electron chi connectivity index (χ1n) is 5.26. The van der Waals surface area contributed by atoms with Crippen molar-refractivity contribution in [2.45, 2.75) is 31.1 Å². The van der Waals surface area contributed by atoms with E-state index in [9.17, 15) is 8.42 Å². The molecule has 1 heterocycles. The molecule has 0 aliphatic heterocycles. The molecule has 0 spiro atoms. The van der Waals surface area contributed by atoms with Crippen molar-refractivity contribution >= 4 is 15.7 Å². The molecule has 0 saturated heterocycles. The number of nitrogens with zero attached hydrogens (tertiary/aromatic N) is 1. The molecule has 1 aromatic heterocycles. The number of aromatic nitrogens is 1. The summed E-state index contributed by atoms with van der Waals surface area (Å²) < 4.78 is 22.5. The van der Waals surface area contributed by atoms with Gasteiger partial charge in [0.05, 0.1) is 5.69 Å². The summed E-state index contributed by atoms with van der Waals surface area (Å²) in [6.45, 7) is 2.85. The third kappa shape index (κ3) is 3.79. The monoisotopic (exact) mass is 243 g/mol. The van der Waals surface area contributed by atoms with Crippen molar-refractivity contribution in [1.29, 1.82) is 0 Å². The van der Waals surface area contributed by atoms with Gasteiger partial charge in [-0.2, -0.15) is 0 Å². The van der Waals surface area contributed by atoms with Crippen LogP contribution in [0.1, 0.15) is 26.2 Å². The van der Waals surface area contributed by atoms with Crippen LogP contribution in [0.5, 0.6) is 0 Å². The quantitative estimate of drug-likeness (QED) is 0.738. The summed E-state index contributed by atoms with van der Waals surface area (Å²) in [5, 5.41) is 8.14. The van der Waals surface area contributed by atoms with Gasteiger partial charge in [-0.05, 0) is 12.5 Å². The van der Waals surface area contributed by atoms with Crippen LogP contribution in [-0.2, 0) is 10.0 Å². The highest BCUT2D eigenvalue weighted by Gasteiger charge is 2.13. The molecule has 0 aliphatic carbocycles. The minimum Gasteiger partial charge on any atom is -0.384 e. The number of nitrogens with one attached hydrogen (secondary N) is 1. The largest absolute Gasteiger partial charge is 0.384 e. The van der Waals surface area contributed by atoms with Gasteiger partial charge >= 0.3 is 0 Å². The van der Waals surface area contributed by atoms with E-state index in [4.69, 9.17) is 5.14 Å². The molecule has 3 N–H and O–H groups in total. The topological polar surface area (TPSA) is 85.1 Å². The average Bonchev–Trinajstić information content (AvgIpc) is 2.24. The molecular weight excluding hydrogens is 226 g/mol. The summed E-state index contributed by atoms with van der Waals surface area (Å²) in [6, 6.07) is 1.62. The Hall–Kier alpha value is -1.14. The van der Waals surface area contributed by atoms with E-state index < -0.39 is 10.0 Å². The second-order valence-corrected chi connectivity index (χ2v) is 5.08. The highest BCUT2D eigenvalue weighted by atomic mass is 32.2. The van der Waals surface area contributed by atoms with Crippen LogP contribution < -0.4 is 10.5 Å². The van der Waals surface area contributed by atoms with Crippen molar-refractivity contribution in [2.24, 2.45) is 5.14 Å². The molecule has 0 unspecified atom stereocenters. The molecule has 16 heavy (non-hydrogen) atoms. The van der Waals surface area contributed by atoms with Gasteiger partial charge in [0.1, 0.15) is 4.90 Å². The van der Waals surface area contributed by atoms with Crippen LogP contribution in [0.15, 0.2) is 23.4 Å². The Bertz CT molecular complexity index is 431. The summed E-state index contributed by atoms with van der Waals surface area (Å²) in [6.07, 6.45) is 6.04. The van der Waals surface area contributed by atoms with Crippen LogP contribution in [0.2, 0.25) is 0 Å². The normalized spacial score (nSPS) is 11.4. The maximum Gasteiger partial charge on any atom is 0.241 e. The second-order valence-electron chi connectivity index (χ2n) is 3.55. The predicted octanol–water partition coefficient (Wildman–Crippen LogP) is 1.33. The van der Waals surface area contributed by atoms with E-state index in [-0.39, 0.29) is 4.90 Å². The van der Waals surface area contributed by atoms with Gasteiger partial charge in [0.15, 0.2) is 0 Å². The Kier molecular flexibility index (Phi) is 4.70. The van der Waals surface area contributed by atoms with Crippen molar-refractivity contribution in [3.05, 3.63) is 18.5 Å². The van der Waals surface area contributed by atoms with Crippen molar-refractivity contribution in [3.8, 4) is 0 Å². The molecule has 0 radical (unpaired) electrons. The van der Waals surface area contributed by atoms with Gasteiger partial charge < -0.3 is 5.32 Å². The highest BCUT2D eigenvalue weighted by molar-refractivity contribution is 7.89. The van der Waals surface area contributed by atoms with E-state index in [1.54, 1.807) is 6.07 Å². The van der Waals surface area contributed by atoms with Crippen molar-refractivity contribution in [2.75, 3.05) is 11.9 Å². The molecule has 0 aliphatic rings. The fraction of sp³-hybridized carbons (Fsp3) is 0.500. The third-order valence-electron chi connectivity index (χ3n) is 2.19. The summed E-state index contributed by atoms with van der Waals surface area (Å²) in [7, 11) is -3.70. The number of anilines is 1. The third-order valence-corrected chi connectivity index (χ3v) is 3.13. The van der Waals surface area contributed by atoms with E-state index >= 15 is 0 Å². The summed E-state index contributed by atoms with van der Waals surface area (Å²) in [5.41, 5.74) is 0.522. The van der Waals surface area contributed by atoms with Crippen LogP contribution in [0.25, 0.3) is 0 Å². The Morgan fingerprint density at radius 2 is 2.19 bits per heavy atom. The van der Waals surface area contributed by atoms with E-state index in [2.05, 4.69) is 17.2 Å². The van der Waals surface area contributed by atoms with Crippen LogP contribution in [0.4, 0.5) is 5.69 Å².